The molecule has 0 aliphatic rings. The third-order valence-corrected chi connectivity index (χ3v) is 4.14. The SMILES string of the molecule is CC(=O)CCCCCC(=O)c1ccc(-c2ccccc2C#N)nc1C. The molecule has 0 fully saturated rings. The number of Topliss-reactive ketones (excluding diaryl/α,β-unsaturated/α-hetero) is 2. The van der Waals surface area contributed by atoms with Gasteiger partial charge in [-0.3, -0.25) is 9.78 Å². The van der Waals surface area contributed by atoms with E-state index in [1.807, 2.05) is 25.1 Å². The van der Waals surface area contributed by atoms with Crippen LogP contribution in [0.2, 0.25) is 0 Å². The summed E-state index contributed by atoms with van der Waals surface area (Å²) < 4.78 is 0. The second-order valence-electron chi connectivity index (χ2n) is 6.17. The van der Waals surface area contributed by atoms with E-state index in [4.69, 9.17) is 0 Å². The van der Waals surface area contributed by atoms with Crippen molar-refractivity contribution in [1.82, 2.24) is 4.98 Å². The van der Waals surface area contributed by atoms with Crippen molar-refractivity contribution < 1.29 is 9.59 Å². The summed E-state index contributed by atoms with van der Waals surface area (Å²) in [7, 11) is 0. The Labute approximate surface area is 148 Å². The maximum atomic E-state index is 12.4. The number of aryl methyl sites for hydroxylation is 1. The molecule has 0 aliphatic heterocycles. The first kappa shape index (κ1) is 18.5. The zero-order chi connectivity index (χ0) is 18.2. The lowest BCUT2D eigenvalue weighted by Gasteiger charge is -2.08. The molecule has 0 amide bonds. The van der Waals surface area contributed by atoms with E-state index < -0.39 is 0 Å². The summed E-state index contributed by atoms with van der Waals surface area (Å²) in [5, 5.41) is 9.21. The molecule has 4 nitrogen and oxygen atoms in total. The first-order valence-corrected chi connectivity index (χ1v) is 8.52. The summed E-state index contributed by atoms with van der Waals surface area (Å²) in [6.45, 7) is 3.41. The van der Waals surface area contributed by atoms with E-state index in [-0.39, 0.29) is 11.6 Å². The van der Waals surface area contributed by atoms with Crippen molar-refractivity contribution in [3.8, 4) is 17.3 Å². The molecule has 0 spiro atoms. The lowest BCUT2D eigenvalue weighted by Crippen LogP contribution is -2.04. The van der Waals surface area contributed by atoms with Gasteiger partial charge >= 0.3 is 0 Å². The fraction of sp³-hybridized carbons (Fsp3) is 0.333. The Morgan fingerprint density at radius 1 is 1.04 bits per heavy atom. The topological polar surface area (TPSA) is 70.8 Å². The lowest BCUT2D eigenvalue weighted by atomic mass is 10.00. The number of benzene rings is 1. The summed E-state index contributed by atoms with van der Waals surface area (Å²) in [4.78, 5) is 27.8. The van der Waals surface area contributed by atoms with E-state index in [9.17, 15) is 14.9 Å². The van der Waals surface area contributed by atoms with Crippen LogP contribution in [0.15, 0.2) is 36.4 Å². The van der Waals surface area contributed by atoms with Crippen LogP contribution >= 0.6 is 0 Å². The summed E-state index contributed by atoms with van der Waals surface area (Å²) in [6.07, 6.45) is 3.55. The number of unbranched alkanes of at least 4 members (excludes halogenated alkanes) is 2. The summed E-state index contributed by atoms with van der Waals surface area (Å²) >= 11 is 0. The first-order valence-electron chi connectivity index (χ1n) is 8.52. The van der Waals surface area contributed by atoms with Crippen LogP contribution in [0.25, 0.3) is 11.3 Å². The third kappa shape index (κ3) is 5.09. The molecule has 2 aromatic rings. The molecule has 128 valence electrons. The van der Waals surface area contributed by atoms with Crippen molar-refractivity contribution in [2.45, 2.75) is 46.0 Å². The number of rotatable bonds is 8. The number of ketones is 2. The van der Waals surface area contributed by atoms with Crippen LogP contribution in [0, 0.1) is 18.3 Å². The second-order valence-corrected chi connectivity index (χ2v) is 6.17. The van der Waals surface area contributed by atoms with E-state index >= 15 is 0 Å². The first-order chi connectivity index (χ1) is 12.0. The number of hydrogen-bond donors (Lipinski definition) is 0. The average molecular weight is 334 g/mol. The number of carbonyl (C=O) groups is 2. The molecule has 0 unspecified atom stereocenters. The number of hydrogen-bond acceptors (Lipinski definition) is 4. The Bertz CT molecular complexity index is 819. The van der Waals surface area contributed by atoms with Crippen LogP contribution in [0.3, 0.4) is 0 Å². The van der Waals surface area contributed by atoms with E-state index in [2.05, 4.69) is 11.1 Å². The maximum Gasteiger partial charge on any atom is 0.164 e. The molecule has 1 heterocycles. The van der Waals surface area contributed by atoms with E-state index in [1.54, 1.807) is 25.1 Å². The number of aromatic nitrogens is 1. The van der Waals surface area contributed by atoms with Crippen LogP contribution in [0.4, 0.5) is 0 Å². The Morgan fingerprint density at radius 2 is 1.76 bits per heavy atom. The highest BCUT2D eigenvalue weighted by Crippen LogP contribution is 2.23. The molecule has 0 bridgehead atoms. The molecule has 4 heteroatoms. The highest BCUT2D eigenvalue weighted by molar-refractivity contribution is 5.97. The van der Waals surface area contributed by atoms with Gasteiger partial charge in [0.05, 0.1) is 17.3 Å². The van der Waals surface area contributed by atoms with Crippen LogP contribution in [-0.4, -0.2) is 16.6 Å². The van der Waals surface area contributed by atoms with E-state index in [1.165, 1.54) is 0 Å². The van der Waals surface area contributed by atoms with E-state index in [0.717, 1.165) is 24.8 Å². The molecule has 0 saturated heterocycles. The minimum atomic E-state index is 0.0768. The normalized spacial score (nSPS) is 10.3. The van der Waals surface area contributed by atoms with Crippen LogP contribution in [-0.2, 0) is 4.79 Å². The lowest BCUT2D eigenvalue weighted by molar-refractivity contribution is -0.117. The molecule has 25 heavy (non-hydrogen) atoms. The summed E-state index contributed by atoms with van der Waals surface area (Å²) in [5.41, 5.74) is 3.35. The van der Waals surface area contributed by atoms with Crippen molar-refractivity contribution in [3.63, 3.8) is 0 Å². The monoisotopic (exact) mass is 334 g/mol. The Kier molecular flexibility index (Phi) is 6.59. The minimum Gasteiger partial charge on any atom is -0.300 e. The van der Waals surface area contributed by atoms with Gasteiger partial charge in [-0.2, -0.15) is 5.26 Å². The van der Waals surface area contributed by atoms with Crippen molar-refractivity contribution >= 4 is 11.6 Å². The van der Waals surface area contributed by atoms with Gasteiger partial charge in [-0.25, -0.2) is 0 Å². The molecular formula is C21H22N2O2. The smallest absolute Gasteiger partial charge is 0.164 e. The highest BCUT2D eigenvalue weighted by atomic mass is 16.1. The zero-order valence-corrected chi connectivity index (χ0v) is 14.7. The van der Waals surface area contributed by atoms with Gasteiger partial charge in [-0.1, -0.05) is 24.6 Å². The Morgan fingerprint density at radius 3 is 2.44 bits per heavy atom. The molecule has 2 rings (SSSR count). The van der Waals surface area contributed by atoms with Crippen LogP contribution in [0.5, 0.6) is 0 Å². The van der Waals surface area contributed by atoms with Crippen LogP contribution < -0.4 is 0 Å². The third-order valence-electron chi connectivity index (χ3n) is 4.14. The number of pyridine rings is 1. The van der Waals surface area contributed by atoms with Gasteiger partial charge in [0.2, 0.25) is 0 Å². The highest BCUT2D eigenvalue weighted by Gasteiger charge is 2.12. The van der Waals surface area contributed by atoms with Gasteiger partial charge in [0.15, 0.2) is 5.78 Å². The second kappa shape index (κ2) is 8.89. The fourth-order valence-corrected chi connectivity index (χ4v) is 2.78. The predicted molar refractivity (Wildman–Crippen MR) is 97.2 cm³/mol. The molecule has 0 N–H and O–H groups in total. The number of carbonyl (C=O) groups excluding carboxylic acids is 2. The zero-order valence-electron chi connectivity index (χ0n) is 14.7. The number of nitriles is 1. The summed E-state index contributed by atoms with van der Waals surface area (Å²) in [6, 6.07) is 13.1. The molecule has 1 aromatic carbocycles. The Balaban J connectivity index is 2.05. The van der Waals surface area contributed by atoms with Gasteiger partial charge in [0, 0.05) is 29.7 Å². The fourth-order valence-electron chi connectivity index (χ4n) is 2.78. The van der Waals surface area contributed by atoms with Crippen molar-refractivity contribution in [3.05, 3.63) is 53.2 Å². The largest absolute Gasteiger partial charge is 0.300 e. The number of nitrogens with zero attached hydrogens (tertiary/aromatic N) is 2. The van der Waals surface area contributed by atoms with Crippen molar-refractivity contribution in [2.24, 2.45) is 0 Å². The van der Waals surface area contributed by atoms with E-state index in [0.29, 0.717) is 35.4 Å². The van der Waals surface area contributed by atoms with Crippen molar-refractivity contribution in [2.75, 3.05) is 0 Å². The predicted octanol–water partition coefficient (Wildman–Crippen LogP) is 4.65. The van der Waals surface area contributed by atoms with Gasteiger partial charge < -0.3 is 4.79 Å². The van der Waals surface area contributed by atoms with Crippen molar-refractivity contribution in [1.29, 1.82) is 5.26 Å². The van der Waals surface area contributed by atoms with Gasteiger partial charge in [-0.15, -0.1) is 0 Å². The van der Waals surface area contributed by atoms with Crippen LogP contribution in [0.1, 0.15) is 60.6 Å². The minimum absolute atomic E-state index is 0.0768. The standard InChI is InChI=1S/C21H22N2O2/c1-15(24)8-4-3-5-11-21(25)18-12-13-20(23-16(18)2)19-10-7-6-9-17(19)14-22/h6-7,9-10,12-13H,3-5,8,11H2,1-2H3. The van der Waals surface area contributed by atoms with Gasteiger partial charge in [0.1, 0.15) is 5.78 Å². The molecular weight excluding hydrogens is 312 g/mol. The van der Waals surface area contributed by atoms with Gasteiger partial charge in [0.25, 0.3) is 0 Å². The molecule has 1 aromatic heterocycles. The van der Waals surface area contributed by atoms with Gasteiger partial charge in [-0.05, 0) is 44.9 Å². The quantitative estimate of drug-likeness (QED) is 0.520. The average Bonchev–Trinajstić information content (AvgIpc) is 2.60. The Hall–Kier alpha value is -2.80. The molecule has 0 saturated carbocycles. The summed E-state index contributed by atoms with van der Waals surface area (Å²) in [5.74, 6) is 0.271. The maximum absolute atomic E-state index is 12.4. The molecule has 0 aliphatic carbocycles. The molecule has 0 atom stereocenters. The molecule has 0 radical (unpaired) electrons.